The Morgan fingerprint density at radius 1 is 1.32 bits per heavy atom. The second-order valence-corrected chi connectivity index (χ2v) is 8.02. The van der Waals surface area contributed by atoms with Crippen LogP contribution in [-0.2, 0) is 9.53 Å². The smallest absolute Gasteiger partial charge is 0.311 e. The molecule has 0 bridgehead atoms. The lowest BCUT2D eigenvalue weighted by Gasteiger charge is -2.34. The lowest BCUT2D eigenvalue weighted by Crippen LogP contribution is -2.45. The van der Waals surface area contributed by atoms with Crippen LogP contribution in [0.15, 0.2) is 0 Å². The minimum atomic E-state index is -0.614. The molecule has 3 saturated heterocycles. The van der Waals surface area contributed by atoms with Gasteiger partial charge in [0.05, 0.1) is 12.0 Å². The highest BCUT2D eigenvalue weighted by Gasteiger charge is 2.54. The molecule has 6 heteroatoms. The minimum Gasteiger partial charge on any atom is -0.481 e. The van der Waals surface area contributed by atoms with Gasteiger partial charge in [0.2, 0.25) is 0 Å². The van der Waals surface area contributed by atoms with E-state index in [9.17, 15) is 9.90 Å². The predicted molar refractivity (Wildman–Crippen MR) is 79.0 cm³/mol. The summed E-state index contributed by atoms with van der Waals surface area (Å²) >= 11 is 4.02. The summed E-state index contributed by atoms with van der Waals surface area (Å²) in [5.74, 6) is 4.32. The summed E-state index contributed by atoms with van der Waals surface area (Å²) in [7, 11) is 0. The number of hydrogen-bond donors (Lipinski definition) is 1. The number of carboxylic acids is 1. The van der Waals surface area contributed by atoms with Crippen molar-refractivity contribution in [3.05, 3.63) is 0 Å². The van der Waals surface area contributed by atoms with Crippen molar-refractivity contribution in [1.29, 1.82) is 0 Å². The molecule has 3 aliphatic rings. The average molecular weight is 303 g/mol. The van der Waals surface area contributed by atoms with E-state index in [1.807, 2.05) is 23.5 Å². The van der Waals surface area contributed by atoms with Crippen molar-refractivity contribution < 1.29 is 14.6 Å². The van der Waals surface area contributed by atoms with E-state index in [0.717, 1.165) is 24.6 Å². The number of hydrogen-bond acceptors (Lipinski definition) is 5. The Labute approximate surface area is 122 Å². The molecule has 0 unspecified atom stereocenters. The molecule has 108 valence electrons. The number of carbonyl (C=O) groups is 1. The third-order valence-electron chi connectivity index (χ3n) is 4.67. The molecule has 1 N–H and O–H groups in total. The molecule has 0 amide bonds. The quantitative estimate of drug-likeness (QED) is 0.829. The summed E-state index contributed by atoms with van der Waals surface area (Å²) in [6.07, 6.45) is 0.677. The zero-order valence-corrected chi connectivity index (χ0v) is 12.7. The molecule has 0 aromatic rings. The maximum absolute atomic E-state index is 11.8. The van der Waals surface area contributed by atoms with E-state index < -0.39 is 11.4 Å². The Balaban J connectivity index is 1.74. The molecule has 0 aromatic heterocycles. The number of nitrogens with zero attached hydrogens (tertiary/aromatic N) is 1. The number of ether oxygens (including phenoxy) is 1. The van der Waals surface area contributed by atoms with Crippen molar-refractivity contribution in [2.45, 2.75) is 12.5 Å². The molecule has 3 aliphatic heterocycles. The molecule has 19 heavy (non-hydrogen) atoms. The third-order valence-corrected chi connectivity index (χ3v) is 7.15. The summed E-state index contributed by atoms with van der Waals surface area (Å²) in [5.41, 5.74) is -0.542. The number of fused-ring (bicyclic) bond motifs is 1. The van der Waals surface area contributed by atoms with Gasteiger partial charge in [-0.25, -0.2) is 0 Å². The maximum atomic E-state index is 11.8. The molecule has 0 spiro atoms. The number of rotatable bonds is 2. The van der Waals surface area contributed by atoms with E-state index >= 15 is 0 Å². The molecule has 3 rings (SSSR count). The van der Waals surface area contributed by atoms with E-state index in [4.69, 9.17) is 4.74 Å². The summed E-state index contributed by atoms with van der Waals surface area (Å²) in [6.45, 7) is 2.85. The first kappa shape index (κ1) is 14.0. The zero-order valence-electron chi connectivity index (χ0n) is 11.0. The van der Waals surface area contributed by atoms with Gasteiger partial charge in [-0.05, 0) is 6.42 Å². The van der Waals surface area contributed by atoms with Crippen molar-refractivity contribution in [3.63, 3.8) is 0 Å². The van der Waals surface area contributed by atoms with Crippen LogP contribution in [0, 0.1) is 11.3 Å². The molecule has 0 aliphatic carbocycles. The number of aliphatic carboxylic acids is 1. The molecule has 2 atom stereocenters. The molecule has 4 nitrogen and oxygen atoms in total. The van der Waals surface area contributed by atoms with Gasteiger partial charge in [0, 0.05) is 54.7 Å². The van der Waals surface area contributed by atoms with Crippen LogP contribution in [0.2, 0.25) is 0 Å². The highest BCUT2D eigenvalue weighted by Crippen LogP contribution is 2.43. The van der Waals surface area contributed by atoms with Gasteiger partial charge >= 0.3 is 5.97 Å². The van der Waals surface area contributed by atoms with Crippen LogP contribution < -0.4 is 0 Å². The Morgan fingerprint density at radius 3 is 2.68 bits per heavy atom. The molecule has 0 radical (unpaired) electrons. The van der Waals surface area contributed by atoms with E-state index in [-0.39, 0.29) is 5.92 Å². The van der Waals surface area contributed by atoms with Gasteiger partial charge in [-0.15, -0.1) is 0 Å². The van der Waals surface area contributed by atoms with Crippen LogP contribution in [-0.4, -0.2) is 71.3 Å². The van der Waals surface area contributed by atoms with Crippen molar-refractivity contribution in [2.75, 3.05) is 49.3 Å². The average Bonchev–Trinajstić information content (AvgIpc) is 2.61. The fraction of sp³-hybridized carbons (Fsp3) is 0.923. The second kappa shape index (κ2) is 5.84. The summed E-state index contributed by atoms with van der Waals surface area (Å²) in [4.78, 5) is 14.2. The normalized spacial score (nSPS) is 37.8. The lowest BCUT2D eigenvalue weighted by atomic mass is 9.74. The molecule has 0 saturated carbocycles. The summed E-state index contributed by atoms with van der Waals surface area (Å²) in [5, 5.41) is 9.68. The molecule has 3 heterocycles. The van der Waals surface area contributed by atoms with Gasteiger partial charge in [0.25, 0.3) is 0 Å². The van der Waals surface area contributed by atoms with E-state index in [0.29, 0.717) is 25.7 Å². The van der Waals surface area contributed by atoms with E-state index in [2.05, 4.69) is 4.90 Å². The van der Waals surface area contributed by atoms with Crippen molar-refractivity contribution in [2.24, 2.45) is 11.3 Å². The zero-order chi connectivity index (χ0) is 13.3. The first-order valence-corrected chi connectivity index (χ1v) is 9.24. The maximum Gasteiger partial charge on any atom is 0.311 e. The Hall–Kier alpha value is 0.0900. The van der Waals surface area contributed by atoms with Crippen LogP contribution in [0.4, 0.5) is 0 Å². The Morgan fingerprint density at radius 2 is 2.05 bits per heavy atom. The van der Waals surface area contributed by atoms with Crippen LogP contribution in [0.25, 0.3) is 0 Å². The monoisotopic (exact) mass is 303 g/mol. The van der Waals surface area contributed by atoms with Crippen LogP contribution in [0.3, 0.4) is 0 Å². The fourth-order valence-corrected chi connectivity index (χ4v) is 6.06. The lowest BCUT2D eigenvalue weighted by molar-refractivity contribution is -0.157. The third kappa shape index (κ3) is 2.64. The standard InChI is InChI=1S/C13H21NO3S2/c15-12(16)13-1-2-17-6-10(13)5-14(9-13)11-7-18-3-4-19-8-11/h10-11H,1-9H2,(H,15,16)/t10-,13+/m1/s1. The fourth-order valence-electron chi connectivity index (χ4n) is 3.43. The summed E-state index contributed by atoms with van der Waals surface area (Å²) < 4.78 is 5.52. The highest BCUT2D eigenvalue weighted by molar-refractivity contribution is 8.03. The van der Waals surface area contributed by atoms with Crippen LogP contribution >= 0.6 is 23.5 Å². The topological polar surface area (TPSA) is 49.8 Å². The highest BCUT2D eigenvalue weighted by atomic mass is 32.2. The van der Waals surface area contributed by atoms with Crippen LogP contribution in [0.5, 0.6) is 0 Å². The number of carboxylic acid groups (broad SMARTS) is 1. The molecular weight excluding hydrogens is 282 g/mol. The molecular formula is C13H21NO3S2. The molecule has 0 aromatic carbocycles. The van der Waals surface area contributed by atoms with Crippen LogP contribution in [0.1, 0.15) is 6.42 Å². The van der Waals surface area contributed by atoms with Gasteiger partial charge in [-0.1, -0.05) is 0 Å². The van der Waals surface area contributed by atoms with Gasteiger partial charge in [0.15, 0.2) is 0 Å². The van der Waals surface area contributed by atoms with Crippen molar-refractivity contribution >= 4 is 29.5 Å². The molecule has 3 fully saturated rings. The number of likely N-dealkylation sites (tertiary alicyclic amines) is 1. The summed E-state index contributed by atoms with van der Waals surface area (Å²) in [6, 6.07) is 0.541. The first-order chi connectivity index (χ1) is 9.22. The van der Waals surface area contributed by atoms with Crippen molar-refractivity contribution in [3.8, 4) is 0 Å². The number of thioether (sulfide) groups is 2. The first-order valence-electron chi connectivity index (χ1n) is 6.93. The second-order valence-electron chi connectivity index (χ2n) is 5.72. The van der Waals surface area contributed by atoms with Crippen molar-refractivity contribution in [1.82, 2.24) is 4.90 Å². The SMILES string of the molecule is O=C(O)[C@]12CCOC[C@H]1CN(C1CSCCSC1)C2. The predicted octanol–water partition coefficient (Wildman–Crippen LogP) is 1.26. The van der Waals surface area contributed by atoms with Gasteiger partial charge in [-0.3, -0.25) is 9.69 Å². The van der Waals surface area contributed by atoms with E-state index in [1.165, 1.54) is 11.5 Å². The van der Waals surface area contributed by atoms with Gasteiger partial charge in [0.1, 0.15) is 0 Å². The minimum absolute atomic E-state index is 0.178. The van der Waals surface area contributed by atoms with E-state index in [1.54, 1.807) is 0 Å². The Bertz CT molecular complexity index is 347. The van der Waals surface area contributed by atoms with Gasteiger partial charge < -0.3 is 9.84 Å². The van der Waals surface area contributed by atoms with Gasteiger partial charge in [-0.2, -0.15) is 23.5 Å². The Kier molecular flexibility index (Phi) is 4.31. The largest absolute Gasteiger partial charge is 0.481 e.